The predicted octanol–water partition coefficient (Wildman–Crippen LogP) is 4.62. The Bertz CT molecular complexity index is 773. The molecule has 0 saturated heterocycles. The van der Waals surface area contributed by atoms with Crippen LogP contribution in [0.3, 0.4) is 0 Å². The maximum atomic E-state index is 2.52. The van der Waals surface area contributed by atoms with Gasteiger partial charge in [0.05, 0.1) is 8.80 Å². The maximum Gasteiger partial charge on any atom is 0.399 e. The van der Waals surface area contributed by atoms with E-state index in [1.807, 2.05) is 0 Å². The molecule has 0 spiro atoms. The second-order valence-electron chi connectivity index (χ2n) is 6.81. The summed E-state index contributed by atoms with van der Waals surface area (Å²) in [6, 6.07) is 18.0. The summed E-state index contributed by atoms with van der Waals surface area (Å²) in [5, 5.41) is 1.80. The van der Waals surface area contributed by atoms with Crippen LogP contribution in [0.1, 0.15) is 30.3 Å². The zero-order valence-electron chi connectivity index (χ0n) is 13.3. The molecule has 22 heavy (non-hydrogen) atoms. The molecule has 0 aliphatic heterocycles. The number of benzene rings is 2. The first-order chi connectivity index (χ1) is 10.7. The lowest BCUT2D eigenvalue weighted by Crippen LogP contribution is -2.21. The lowest BCUT2D eigenvalue weighted by atomic mass is 10.1. The molecule has 106 valence electrons. The summed E-state index contributed by atoms with van der Waals surface area (Å²) < 4.78 is 1.48. The molecule has 0 radical (unpaired) electrons. The van der Waals surface area contributed by atoms with E-state index in [-0.39, 0.29) is 20.4 Å². The molecule has 2 aliphatic carbocycles. The van der Waals surface area contributed by atoms with Crippen molar-refractivity contribution < 1.29 is 0 Å². The highest BCUT2D eigenvalue weighted by molar-refractivity contribution is 6.68. The predicted molar refractivity (Wildman–Crippen MR) is 100 cm³/mol. The Morgan fingerprint density at radius 2 is 1.55 bits per heavy atom. The van der Waals surface area contributed by atoms with Gasteiger partial charge in [-0.15, -0.1) is 11.3 Å². The number of fused-ring (bicyclic) bond motifs is 2. The van der Waals surface area contributed by atoms with Gasteiger partial charge in [0.2, 0.25) is 0 Å². The first-order valence-electron chi connectivity index (χ1n) is 8.31. The van der Waals surface area contributed by atoms with E-state index >= 15 is 0 Å². The van der Waals surface area contributed by atoms with E-state index in [9.17, 15) is 0 Å². The summed E-state index contributed by atoms with van der Waals surface area (Å²) in [5.41, 5.74) is 6.12. The number of hydrogen-bond acceptors (Lipinski definition) is 0. The third-order valence-electron chi connectivity index (χ3n) is 5.16. The topological polar surface area (TPSA) is 0 Å². The molecule has 2 unspecified atom stereocenters. The van der Waals surface area contributed by atoms with Crippen LogP contribution < -0.4 is 0 Å². The molecular formula is C20H20MgSi. The summed E-state index contributed by atoms with van der Waals surface area (Å²) in [4.78, 5) is 0. The molecule has 0 heterocycles. The smallest absolute Gasteiger partial charge is 0.102 e. The molecule has 0 bridgehead atoms. The number of allylic oxidation sites excluding steroid dienone is 2. The Morgan fingerprint density at radius 3 is 2.32 bits per heavy atom. The van der Waals surface area contributed by atoms with Crippen molar-refractivity contribution in [3.8, 4) is 0 Å². The van der Waals surface area contributed by atoms with Crippen molar-refractivity contribution in [3.05, 3.63) is 82.1 Å². The van der Waals surface area contributed by atoms with Crippen LogP contribution in [0.25, 0.3) is 12.2 Å². The van der Waals surface area contributed by atoms with E-state index in [2.05, 4.69) is 79.9 Å². The molecule has 2 heteroatoms. The van der Waals surface area contributed by atoms with Gasteiger partial charge >= 0.3 is 20.4 Å². The van der Waals surface area contributed by atoms with Crippen molar-refractivity contribution in [2.75, 3.05) is 0 Å². The Hall–Kier alpha value is -1.10. The van der Waals surface area contributed by atoms with Crippen molar-refractivity contribution in [1.82, 2.24) is 0 Å². The van der Waals surface area contributed by atoms with Crippen LogP contribution in [-0.4, -0.2) is 29.2 Å². The average molecular weight is 313 g/mol. The van der Waals surface area contributed by atoms with Crippen LogP contribution in [0.5, 0.6) is 0 Å². The monoisotopic (exact) mass is 312 g/mol. The second kappa shape index (κ2) is 5.84. The Labute approximate surface area is 144 Å². The molecule has 0 N–H and O–H groups in total. The largest absolute Gasteiger partial charge is 0.399 e. The van der Waals surface area contributed by atoms with Gasteiger partial charge in [-0.3, -0.25) is 0 Å². The van der Waals surface area contributed by atoms with Gasteiger partial charge in [-0.05, 0) is 11.1 Å². The Kier molecular flexibility index (Phi) is 3.85. The zero-order chi connectivity index (χ0) is 15.1. The summed E-state index contributed by atoms with van der Waals surface area (Å²) in [6.45, 7) is 4.97. The van der Waals surface area contributed by atoms with Crippen LogP contribution in [0.15, 0.2) is 59.8 Å². The van der Waals surface area contributed by atoms with E-state index in [1.165, 1.54) is 11.1 Å². The van der Waals surface area contributed by atoms with Gasteiger partial charge in [0.15, 0.2) is 0 Å². The molecule has 2 aromatic carbocycles. The number of rotatable bonds is 3. The highest BCUT2D eigenvalue weighted by Crippen LogP contribution is 2.41. The van der Waals surface area contributed by atoms with Crippen molar-refractivity contribution in [3.63, 3.8) is 0 Å². The fourth-order valence-corrected chi connectivity index (χ4v) is 9.80. The number of hydrogen-bond donors (Lipinski definition) is 0. The Balaban J connectivity index is 1.68. The first-order valence-corrected chi connectivity index (χ1v) is 12.8. The fourth-order valence-electron chi connectivity index (χ4n) is 4.03. The van der Waals surface area contributed by atoms with E-state index in [0.717, 1.165) is 4.05 Å². The Morgan fingerprint density at radius 1 is 0.864 bits per heavy atom. The molecule has 0 amide bonds. The first kappa shape index (κ1) is 14.5. The molecule has 0 aromatic heterocycles. The average Bonchev–Trinajstić information content (AvgIpc) is 3.10. The lowest BCUT2D eigenvalue weighted by molar-refractivity contribution is 1.11. The van der Waals surface area contributed by atoms with E-state index in [1.54, 1.807) is 16.3 Å². The van der Waals surface area contributed by atoms with Gasteiger partial charge in [-0.1, -0.05) is 93.0 Å². The summed E-state index contributed by atoms with van der Waals surface area (Å²) in [7, 11) is -0.742. The molecule has 0 nitrogen and oxygen atoms in total. The minimum absolute atomic E-state index is 0.264. The summed E-state index contributed by atoms with van der Waals surface area (Å²) in [6.07, 6.45) is 7.33. The quantitative estimate of drug-likeness (QED) is 0.725. The van der Waals surface area contributed by atoms with Crippen LogP contribution in [0.4, 0.5) is 0 Å². The van der Waals surface area contributed by atoms with Gasteiger partial charge in [0, 0.05) is 0 Å². The molecule has 2 aromatic rings. The third kappa shape index (κ3) is 2.43. The fraction of sp³-hybridized carbons (Fsp3) is 0.200. The molecule has 4 rings (SSSR count). The van der Waals surface area contributed by atoms with Gasteiger partial charge in [-0.2, -0.15) is 0 Å². The van der Waals surface area contributed by atoms with Gasteiger partial charge in [-0.25, -0.2) is 0 Å². The van der Waals surface area contributed by atoms with Crippen molar-refractivity contribution in [2.24, 2.45) is 0 Å². The van der Waals surface area contributed by atoms with Crippen molar-refractivity contribution >= 4 is 41.3 Å². The van der Waals surface area contributed by atoms with E-state index in [0.29, 0.717) is 4.05 Å². The van der Waals surface area contributed by atoms with Gasteiger partial charge in [0.25, 0.3) is 0 Å². The van der Waals surface area contributed by atoms with Gasteiger partial charge < -0.3 is 0 Å². The third-order valence-corrected chi connectivity index (χ3v) is 10.1. The molecule has 2 aliphatic rings. The molecular weight excluding hydrogens is 293 g/mol. The van der Waals surface area contributed by atoms with Crippen LogP contribution in [0, 0.1) is 0 Å². The SMILES string of the molecule is C[SiH](C)C1=Cc2ccccc2[CH]1[Mg][CH]1C=Cc2ccccc21. The minimum atomic E-state index is -0.742. The maximum absolute atomic E-state index is 2.52. The molecule has 2 atom stereocenters. The van der Waals surface area contributed by atoms with Crippen LogP contribution >= 0.6 is 0 Å². The van der Waals surface area contributed by atoms with Gasteiger partial charge in [0.1, 0.15) is 0 Å². The van der Waals surface area contributed by atoms with Crippen molar-refractivity contribution in [2.45, 2.75) is 21.2 Å². The molecule has 0 saturated carbocycles. The lowest BCUT2D eigenvalue weighted by Gasteiger charge is -2.22. The van der Waals surface area contributed by atoms with Crippen LogP contribution in [-0.2, 0) is 0 Å². The zero-order valence-corrected chi connectivity index (χ0v) is 15.9. The standard InChI is InChI=1S/C11H13Si.C9H7.Mg/c1-12(2)11-7-9-5-3-4-6-10(9)8-11;1-2-5-9-7-3-6-8(9)4-1;/h3-8,12H,1-2H3;1-7H;. The second-order valence-corrected chi connectivity index (χ2v) is 12.0. The summed E-state index contributed by atoms with van der Waals surface area (Å²) in [5.74, 6) is 0. The van der Waals surface area contributed by atoms with Crippen molar-refractivity contribution in [1.29, 1.82) is 0 Å². The highest BCUT2D eigenvalue weighted by Gasteiger charge is 2.32. The minimum Gasteiger partial charge on any atom is -0.102 e. The van der Waals surface area contributed by atoms with E-state index in [4.69, 9.17) is 0 Å². The normalized spacial score (nSPS) is 21.5. The molecule has 0 fully saturated rings. The van der Waals surface area contributed by atoms with Crippen LogP contribution in [0.2, 0.25) is 13.1 Å². The van der Waals surface area contributed by atoms with E-state index < -0.39 is 8.80 Å². The highest BCUT2D eigenvalue weighted by atomic mass is 28.3. The summed E-state index contributed by atoms with van der Waals surface area (Å²) >= 11 is -0.264.